The molecule has 0 saturated heterocycles. The molecule has 0 radical (unpaired) electrons. The highest BCUT2D eigenvalue weighted by atomic mass is 16.5. The summed E-state index contributed by atoms with van der Waals surface area (Å²) in [5, 5.41) is 9.88. The molecule has 24 heavy (non-hydrogen) atoms. The zero-order valence-electron chi connectivity index (χ0n) is 17.0. The predicted molar refractivity (Wildman–Crippen MR) is 99.9 cm³/mol. The van der Waals surface area contributed by atoms with Crippen LogP contribution in [0.25, 0.3) is 0 Å². The Kier molecular flexibility index (Phi) is 18.0. The van der Waals surface area contributed by atoms with Gasteiger partial charge in [-0.1, -0.05) is 27.7 Å². The second-order valence-electron chi connectivity index (χ2n) is 6.52. The minimum absolute atomic E-state index is 0.0129. The van der Waals surface area contributed by atoms with E-state index in [-0.39, 0.29) is 11.7 Å². The number of aliphatic hydroxyl groups is 1. The zero-order valence-corrected chi connectivity index (χ0v) is 17.0. The lowest BCUT2D eigenvalue weighted by molar-refractivity contribution is -0.132. The maximum atomic E-state index is 12.0. The number of Topliss-reactive ketones (excluding diaryl/α,β-unsaturated/α-hetero) is 1. The van der Waals surface area contributed by atoms with E-state index in [2.05, 4.69) is 5.32 Å². The van der Waals surface area contributed by atoms with Crippen molar-refractivity contribution in [3.8, 4) is 0 Å². The summed E-state index contributed by atoms with van der Waals surface area (Å²) in [6.07, 6.45) is 1.78. The molecule has 0 aromatic heterocycles. The molecule has 0 bridgehead atoms. The molecule has 0 aliphatic carbocycles. The quantitative estimate of drug-likeness (QED) is 0.526. The number of hydrogen-bond donors (Lipinski definition) is 3. The first-order valence-corrected chi connectivity index (χ1v) is 8.67. The van der Waals surface area contributed by atoms with Crippen molar-refractivity contribution in [3.63, 3.8) is 0 Å². The first-order valence-electron chi connectivity index (χ1n) is 8.67. The first-order chi connectivity index (χ1) is 11.1. The topological polar surface area (TPSA) is 102 Å². The summed E-state index contributed by atoms with van der Waals surface area (Å²) in [6, 6.07) is 0. The van der Waals surface area contributed by atoms with Crippen molar-refractivity contribution in [2.45, 2.75) is 73.3 Å². The number of rotatable bonds is 10. The van der Waals surface area contributed by atoms with Crippen LogP contribution in [-0.2, 0) is 14.3 Å². The van der Waals surface area contributed by atoms with E-state index < -0.39 is 11.0 Å². The van der Waals surface area contributed by atoms with Gasteiger partial charge in [-0.2, -0.15) is 0 Å². The Balaban J connectivity index is -0.00000102. The minimum atomic E-state index is -0.485. The van der Waals surface area contributed by atoms with E-state index in [1.165, 1.54) is 0 Å². The van der Waals surface area contributed by atoms with Gasteiger partial charge in [-0.15, -0.1) is 0 Å². The zero-order chi connectivity index (χ0) is 19.8. The number of nitrogens with two attached hydrogens (primary N) is 1. The highest BCUT2D eigenvalue weighted by Gasteiger charge is 2.28. The van der Waals surface area contributed by atoms with Crippen molar-refractivity contribution in [2.75, 3.05) is 26.8 Å². The fourth-order valence-corrected chi connectivity index (χ4v) is 1.89. The van der Waals surface area contributed by atoms with E-state index in [4.69, 9.17) is 15.6 Å². The van der Waals surface area contributed by atoms with Crippen molar-refractivity contribution >= 4 is 11.7 Å². The van der Waals surface area contributed by atoms with E-state index in [0.717, 1.165) is 13.5 Å². The third kappa shape index (κ3) is 15.9. The normalized spacial score (nSPS) is 10.8. The fourth-order valence-electron chi connectivity index (χ4n) is 1.89. The van der Waals surface area contributed by atoms with Gasteiger partial charge in [0.1, 0.15) is 5.78 Å². The van der Waals surface area contributed by atoms with Gasteiger partial charge in [0.2, 0.25) is 5.91 Å². The molecule has 0 heterocycles. The van der Waals surface area contributed by atoms with Crippen LogP contribution in [0.1, 0.15) is 67.7 Å². The maximum Gasteiger partial charge on any atom is 0.225 e. The lowest BCUT2D eigenvalue weighted by Gasteiger charge is -2.28. The Hall–Kier alpha value is -0.980. The van der Waals surface area contributed by atoms with Crippen LogP contribution in [-0.4, -0.2) is 49.2 Å². The molecule has 0 aliphatic rings. The van der Waals surface area contributed by atoms with Gasteiger partial charge in [0.25, 0.3) is 0 Å². The molecule has 0 saturated carbocycles. The monoisotopic (exact) mass is 348 g/mol. The van der Waals surface area contributed by atoms with E-state index in [1.54, 1.807) is 6.92 Å². The smallest absolute Gasteiger partial charge is 0.225 e. The van der Waals surface area contributed by atoms with Crippen LogP contribution in [0.4, 0.5) is 0 Å². The first kappa shape index (κ1) is 27.8. The molecular formula is C18H40N2O4. The Bertz CT molecular complexity index is 329. The van der Waals surface area contributed by atoms with E-state index in [1.807, 2.05) is 41.5 Å². The summed E-state index contributed by atoms with van der Waals surface area (Å²) in [5.41, 5.74) is 4.43. The van der Waals surface area contributed by atoms with Crippen LogP contribution >= 0.6 is 0 Å². The minimum Gasteiger partial charge on any atom is -0.400 e. The lowest BCUT2D eigenvalue weighted by Crippen LogP contribution is -2.39. The van der Waals surface area contributed by atoms with Crippen LogP contribution in [0.2, 0.25) is 0 Å². The van der Waals surface area contributed by atoms with Crippen LogP contribution in [0.3, 0.4) is 0 Å². The molecule has 0 aliphatic heterocycles. The molecule has 6 heteroatoms. The molecule has 6 nitrogen and oxygen atoms in total. The van der Waals surface area contributed by atoms with Crippen molar-refractivity contribution in [1.82, 2.24) is 5.32 Å². The van der Waals surface area contributed by atoms with Crippen molar-refractivity contribution in [1.29, 1.82) is 0 Å². The summed E-state index contributed by atoms with van der Waals surface area (Å²) >= 11 is 0. The molecule has 0 rings (SSSR count). The van der Waals surface area contributed by atoms with Crippen molar-refractivity contribution < 1.29 is 19.4 Å². The summed E-state index contributed by atoms with van der Waals surface area (Å²) in [6.45, 7) is 14.8. The third-order valence-corrected chi connectivity index (χ3v) is 3.18. The fraction of sp³-hybridized carbons (Fsp3) is 0.889. The van der Waals surface area contributed by atoms with Crippen LogP contribution in [0, 0.1) is 5.41 Å². The van der Waals surface area contributed by atoms with Gasteiger partial charge < -0.3 is 20.9 Å². The lowest BCUT2D eigenvalue weighted by atomic mass is 9.88. The average molecular weight is 349 g/mol. The highest BCUT2D eigenvalue weighted by Crippen LogP contribution is 2.23. The standard InChI is InChI=1S/C15H30N2O3.C2H6.CH4O/c1-12(18)11-15(4,5)20-10-7-14(2,3)13(19)17-9-6-8-16;2*1-2/h6-11,16H2,1-5H3,(H,17,19);1-2H3;2H,1H3. The van der Waals surface area contributed by atoms with Gasteiger partial charge in [-0.25, -0.2) is 0 Å². The van der Waals surface area contributed by atoms with Gasteiger partial charge in [-0.3, -0.25) is 9.59 Å². The molecule has 0 atom stereocenters. The van der Waals surface area contributed by atoms with E-state index in [9.17, 15) is 9.59 Å². The molecule has 0 spiro atoms. The molecular weight excluding hydrogens is 308 g/mol. The Morgan fingerprint density at radius 1 is 1.12 bits per heavy atom. The molecule has 1 amide bonds. The van der Waals surface area contributed by atoms with Crippen molar-refractivity contribution in [3.05, 3.63) is 0 Å². The SMILES string of the molecule is CC.CC(=O)CC(C)(C)OCCC(C)(C)C(=O)NCCCN.CO. The van der Waals surface area contributed by atoms with E-state index >= 15 is 0 Å². The van der Waals surface area contributed by atoms with Gasteiger partial charge in [-0.05, 0) is 40.2 Å². The highest BCUT2D eigenvalue weighted by molar-refractivity contribution is 5.81. The molecule has 4 N–H and O–H groups in total. The predicted octanol–water partition coefficient (Wildman–Crippen LogP) is 2.28. The molecule has 146 valence electrons. The molecule has 0 aromatic carbocycles. The number of aliphatic hydroxyl groups excluding tert-OH is 1. The van der Waals surface area contributed by atoms with Gasteiger partial charge in [0.15, 0.2) is 0 Å². The second kappa shape index (κ2) is 15.5. The van der Waals surface area contributed by atoms with Gasteiger partial charge >= 0.3 is 0 Å². The van der Waals surface area contributed by atoms with Gasteiger partial charge in [0, 0.05) is 32.1 Å². The number of amides is 1. The van der Waals surface area contributed by atoms with Gasteiger partial charge in [0.05, 0.1) is 5.60 Å². The summed E-state index contributed by atoms with van der Waals surface area (Å²) in [7, 11) is 1.00. The number of ketones is 1. The summed E-state index contributed by atoms with van der Waals surface area (Å²) < 4.78 is 5.73. The molecule has 0 unspecified atom stereocenters. The summed E-state index contributed by atoms with van der Waals surface area (Å²) in [4.78, 5) is 23.1. The van der Waals surface area contributed by atoms with Crippen LogP contribution in [0.5, 0.6) is 0 Å². The number of hydrogen-bond acceptors (Lipinski definition) is 5. The largest absolute Gasteiger partial charge is 0.400 e. The van der Waals surface area contributed by atoms with E-state index in [0.29, 0.717) is 32.5 Å². The third-order valence-electron chi connectivity index (χ3n) is 3.18. The number of carbonyl (C=O) groups excluding carboxylic acids is 2. The maximum absolute atomic E-state index is 12.0. The summed E-state index contributed by atoms with van der Waals surface area (Å²) in [5.74, 6) is 0.118. The second-order valence-corrected chi connectivity index (χ2v) is 6.52. The van der Waals surface area contributed by atoms with Crippen LogP contribution in [0.15, 0.2) is 0 Å². The Labute approximate surface area is 148 Å². The van der Waals surface area contributed by atoms with Crippen molar-refractivity contribution in [2.24, 2.45) is 11.1 Å². The molecule has 0 aromatic rings. The average Bonchev–Trinajstić information content (AvgIpc) is 2.49. The number of nitrogens with one attached hydrogen (secondary N) is 1. The molecule has 0 fully saturated rings. The number of carbonyl (C=O) groups is 2. The Morgan fingerprint density at radius 3 is 2.04 bits per heavy atom. The number of ether oxygens (including phenoxy) is 1. The van der Waals surface area contributed by atoms with Crippen LogP contribution < -0.4 is 11.1 Å². The Morgan fingerprint density at radius 2 is 1.62 bits per heavy atom.